The lowest BCUT2D eigenvalue weighted by molar-refractivity contribution is 0.415. The highest BCUT2D eigenvalue weighted by molar-refractivity contribution is 5.83. The van der Waals surface area contributed by atoms with Crippen molar-refractivity contribution < 1.29 is 4.74 Å². The average Bonchev–Trinajstić information content (AvgIpc) is 2.28. The largest absolute Gasteiger partial charge is 0.497 e. The van der Waals surface area contributed by atoms with Crippen LogP contribution in [0.4, 0.5) is 0 Å². The van der Waals surface area contributed by atoms with Gasteiger partial charge in [0.25, 0.3) is 5.56 Å². The zero-order chi connectivity index (χ0) is 11.5. The molecular weight excluding hydrogens is 204 g/mol. The van der Waals surface area contributed by atoms with Crippen molar-refractivity contribution in [2.45, 2.75) is 6.42 Å². The Hall–Kier alpha value is -1.81. The molecule has 4 heteroatoms. The molecule has 0 unspecified atom stereocenters. The first kappa shape index (κ1) is 10.7. The molecule has 3 N–H and O–H groups in total. The van der Waals surface area contributed by atoms with Gasteiger partial charge in [-0.1, -0.05) is 0 Å². The first-order valence-corrected chi connectivity index (χ1v) is 5.14. The van der Waals surface area contributed by atoms with Gasteiger partial charge in [-0.2, -0.15) is 0 Å². The molecule has 0 spiro atoms. The molecule has 0 radical (unpaired) electrons. The van der Waals surface area contributed by atoms with E-state index >= 15 is 0 Å². The molecule has 0 fully saturated rings. The van der Waals surface area contributed by atoms with E-state index < -0.39 is 0 Å². The van der Waals surface area contributed by atoms with Crippen molar-refractivity contribution in [3.8, 4) is 5.75 Å². The van der Waals surface area contributed by atoms with Crippen LogP contribution >= 0.6 is 0 Å². The topological polar surface area (TPSA) is 68.1 Å². The molecule has 0 amide bonds. The van der Waals surface area contributed by atoms with Crippen molar-refractivity contribution in [3.05, 3.63) is 40.3 Å². The van der Waals surface area contributed by atoms with E-state index in [9.17, 15) is 4.79 Å². The van der Waals surface area contributed by atoms with Crippen LogP contribution in [-0.4, -0.2) is 18.6 Å². The summed E-state index contributed by atoms with van der Waals surface area (Å²) in [5.74, 6) is 0.747. The number of H-pyrrole nitrogens is 1. The number of hydrogen-bond acceptors (Lipinski definition) is 3. The number of fused-ring (bicyclic) bond motifs is 1. The van der Waals surface area contributed by atoms with Gasteiger partial charge in [-0.25, -0.2) is 0 Å². The molecule has 0 aliphatic rings. The second-order valence-corrected chi connectivity index (χ2v) is 3.62. The lowest BCUT2D eigenvalue weighted by atomic mass is 10.1. The Morgan fingerprint density at radius 1 is 1.38 bits per heavy atom. The van der Waals surface area contributed by atoms with Gasteiger partial charge in [0.1, 0.15) is 5.75 Å². The molecule has 16 heavy (non-hydrogen) atoms. The fourth-order valence-electron chi connectivity index (χ4n) is 1.72. The Morgan fingerprint density at radius 2 is 2.19 bits per heavy atom. The molecule has 84 valence electrons. The third-order valence-corrected chi connectivity index (χ3v) is 2.52. The second-order valence-electron chi connectivity index (χ2n) is 3.62. The van der Waals surface area contributed by atoms with Gasteiger partial charge >= 0.3 is 0 Å². The Kier molecular flexibility index (Phi) is 2.92. The van der Waals surface area contributed by atoms with Crippen LogP contribution < -0.4 is 16.0 Å². The first-order valence-electron chi connectivity index (χ1n) is 5.14. The maximum Gasteiger partial charge on any atom is 0.256 e. The lowest BCUT2D eigenvalue weighted by Gasteiger charge is -2.04. The summed E-state index contributed by atoms with van der Waals surface area (Å²) < 4.78 is 5.13. The minimum atomic E-state index is -0.0800. The summed E-state index contributed by atoms with van der Waals surface area (Å²) in [4.78, 5) is 14.5. The van der Waals surface area contributed by atoms with Gasteiger partial charge in [0.05, 0.1) is 7.11 Å². The maximum atomic E-state index is 11.7. The van der Waals surface area contributed by atoms with Crippen LogP contribution in [-0.2, 0) is 6.42 Å². The summed E-state index contributed by atoms with van der Waals surface area (Å²) in [6.45, 7) is 0.519. The molecule has 0 saturated carbocycles. The molecule has 1 aromatic heterocycles. The molecular formula is C12H14N2O2. The predicted molar refractivity (Wildman–Crippen MR) is 63.9 cm³/mol. The van der Waals surface area contributed by atoms with Crippen LogP contribution in [0.15, 0.2) is 29.1 Å². The fourth-order valence-corrected chi connectivity index (χ4v) is 1.72. The van der Waals surface area contributed by atoms with Gasteiger partial charge in [0.15, 0.2) is 0 Å². The van der Waals surface area contributed by atoms with Crippen LogP contribution in [0, 0.1) is 0 Å². The zero-order valence-electron chi connectivity index (χ0n) is 9.12. The zero-order valence-corrected chi connectivity index (χ0v) is 9.12. The highest BCUT2D eigenvalue weighted by atomic mass is 16.5. The van der Waals surface area contributed by atoms with Gasteiger partial charge in [0, 0.05) is 11.1 Å². The molecule has 2 rings (SSSR count). The molecule has 0 aliphatic heterocycles. The Labute approximate surface area is 93.0 Å². The maximum absolute atomic E-state index is 11.7. The highest BCUT2D eigenvalue weighted by Crippen LogP contribution is 2.18. The number of nitrogens with one attached hydrogen (secondary N) is 1. The van der Waals surface area contributed by atoms with Gasteiger partial charge in [-0.3, -0.25) is 4.79 Å². The van der Waals surface area contributed by atoms with Crippen molar-refractivity contribution in [2.75, 3.05) is 13.7 Å². The lowest BCUT2D eigenvalue weighted by Crippen LogP contribution is -2.12. The van der Waals surface area contributed by atoms with E-state index in [-0.39, 0.29) is 5.56 Å². The van der Waals surface area contributed by atoms with Crippen molar-refractivity contribution in [2.24, 2.45) is 5.73 Å². The van der Waals surface area contributed by atoms with E-state index in [0.29, 0.717) is 18.4 Å². The average molecular weight is 218 g/mol. The quantitative estimate of drug-likeness (QED) is 0.808. The second kappa shape index (κ2) is 4.37. The van der Waals surface area contributed by atoms with E-state index in [4.69, 9.17) is 10.5 Å². The molecule has 0 bridgehead atoms. The van der Waals surface area contributed by atoms with E-state index in [1.165, 1.54) is 0 Å². The summed E-state index contributed by atoms with van der Waals surface area (Å²) in [5, 5.41) is 1.55. The molecule has 1 aromatic carbocycles. The number of nitrogens with two attached hydrogens (primary N) is 1. The van der Waals surface area contributed by atoms with E-state index in [0.717, 1.165) is 16.8 Å². The number of hydrogen-bond donors (Lipinski definition) is 2. The number of methoxy groups -OCH3 is 1. The minimum Gasteiger partial charge on any atom is -0.497 e. The highest BCUT2D eigenvalue weighted by Gasteiger charge is 2.02. The third kappa shape index (κ3) is 1.92. The molecule has 2 aromatic rings. The van der Waals surface area contributed by atoms with Gasteiger partial charge in [-0.05, 0) is 42.6 Å². The number of aromatic amines is 1. The fraction of sp³-hybridized carbons (Fsp3) is 0.250. The number of benzene rings is 1. The smallest absolute Gasteiger partial charge is 0.256 e. The monoisotopic (exact) mass is 218 g/mol. The van der Waals surface area contributed by atoms with Crippen molar-refractivity contribution in [3.63, 3.8) is 0 Å². The van der Waals surface area contributed by atoms with Crippen molar-refractivity contribution in [1.29, 1.82) is 0 Å². The number of aromatic nitrogens is 1. The summed E-state index contributed by atoms with van der Waals surface area (Å²) >= 11 is 0. The van der Waals surface area contributed by atoms with Crippen LogP contribution in [0.3, 0.4) is 0 Å². The molecule has 4 nitrogen and oxygen atoms in total. The molecule has 0 aliphatic carbocycles. The molecule has 1 heterocycles. The van der Waals surface area contributed by atoms with Gasteiger partial charge in [0.2, 0.25) is 0 Å². The minimum absolute atomic E-state index is 0.0800. The summed E-state index contributed by atoms with van der Waals surface area (Å²) in [7, 11) is 1.61. The number of ether oxygens (including phenoxy) is 1. The van der Waals surface area contributed by atoms with Crippen LogP contribution in [0.5, 0.6) is 5.75 Å². The Morgan fingerprint density at radius 3 is 2.88 bits per heavy atom. The number of pyridine rings is 1. The van der Waals surface area contributed by atoms with Crippen molar-refractivity contribution >= 4 is 10.8 Å². The van der Waals surface area contributed by atoms with Crippen LogP contribution in [0.2, 0.25) is 0 Å². The third-order valence-electron chi connectivity index (χ3n) is 2.52. The van der Waals surface area contributed by atoms with E-state index in [1.807, 2.05) is 12.1 Å². The normalized spacial score (nSPS) is 10.6. The predicted octanol–water partition coefficient (Wildman–Crippen LogP) is 1.04. The Bertz CT molecular complexity index is 560. The number of rotatable bonds is 3. The van der Waals surface area contributed by atoms with Crippen LogP contribution in [0.25, 0.3) is 10.8 Å². The SMILES string of the molecule is COc1ccc2c(=O)[nH]c(CCN)cc2c1. The van der Waals surface area contributed by atoms with Crippen molar-refractivity contribution in [1.82, 2.24) is 4.98 Å². The van der Waals surface area contributed by atoms with E-state index in [2.05, 4.69) is 4.98 Å². The first-order chi connectivity index (χ1) is 7.74. The van der Waals surface area contributed by atoms with E-state index in [1.54, 1.807) is 19.2 Å². The standard InChI is InChI=1S/C12H14N2O2/c1-16-10-2-3-11-8(7-10)6-9(4-5-13)14-12(11)15/h2-3,6-7H,4-5,13H2,1H3,(H,14,15). The molecule has 0 atom stereocenters. The Balaban J connectivity index is 2.63. The van der Waals surface area contributed by atoms with Crippen LogP contribution in [0.1, 0.15) is 5.69 Å². The summed E-state index contributed by atoms with van der Waals surface area (Å²) in [6.07, 6.45) is 0.669. The van der Waals surface area contributed by atoms with Gasteiger partial charge in [-0.15, -0.1) is 0 Å². The molecule has 0 saturated heterocycles. The summed E-state index contributed by atoms with van der Waals surface area (Å²) in [6, 6.07) is 7.33. The summed E-state index contributed by atoms with van der Waals surface area (Å²) in [5.41, 5.74) is 6.24. The van der Waals surface area contributed by atoms with Gasteiger partial charge < -0.3 is 15.5 Å².